The fourth-order valence-corrected chi connectivity index (χ4v) is 15.6. The molecule has 0 fully saturated rings. The van der Waals surface area contributed by atoms with E-state index in [1.54, 1.807) is 39.2 Å². The third-order valence-corrected chi connectivity index (χ3v) is 19.0. The molecule has 1 aromatic heterocycles. The van der Waals surface area contributed by atoms with Crippen LogP contribution >= 0.6 is 7.26 Å². The number of primary amides is 1. The normalized spacial score (nSPS) is 20.7. The maximum absolute atomic E-state index is 14.4. The van der Waals surface area contributed by atoms with E-state index in [2.05, 4.69) is 78.1 Å². The van der Waals surface area contributed by atoms with E-state index in [4.69, 9.17) is 10.7 Å². The summed E-state index contributed by atoms with van der Waals surface area (Å²) in [5.41, 5.74) is 3.72. The number of benzene rings is 3. The number of Topliss-reactive ketones (excluding diaryl/α,β-unsaturated/α-hetero) is 2. The number of aliphatic hydroxyl groups excluding tert-OH is 2. The second kappa shape index (κ2) is 20.3. The molecule has 0 saturated carbocycles. The van der Waals surface area contributed by atoms with Crippen LogP contribution in [0.1, 0.15) is 86.6 Å². The Hall–Kier alpha value is -5.88. The van der Waals surface area contributed by atoms with Crippen LogP contribution in [0.25, 0.3) is 0 Å². The van der Waals surface area contributed by atoms with Crippen LogP contribution in [0.2, 0.25) is 0 Å². The summed E-state index contributed by atoms with van der Waals surface area (Å²) in [6.07, 6.45) is 12.6. The largest absolute Gasteiger partial charge is 0.510 e. The topological polar surface area (TPSA) is 207 Å². The van der Waals surface area contributed by atoms with Crippen LogP contribution in [-0.4, -0.2) is 99.7 Å². The maximum Gasteiger partial charge on any atom is 0.255 e. The number of allylic oxidation sites excluding steroid dienone is 1. The molecule has 1 heterocycles. The Morgan fingerprint density at radius 3 is 1.94 bits per heavy atom. The number of carbonyl (C=O) groups is 4. The van der Waals surface area contributed by atoms with Gasteiger partial charge in [0.05, 0.1) is 17.3 Å². The Balaban J connectivity index is 0.930. The zero-order chi connectivity index (χ0) is 47.3. The van der Waals surface area contributed by atoms with E-state index in [0.717, 1.165) is 57.5 Å². The minimum absolute atomic E-state index is 0.0165. The number of phenols is 1. The number of rotatable bonds is 19. The smallest absolute Gasteiger partial charge is 0.255 e. The van der Waals surface area contributed by atoms with Crippen molar-refractivity contribution < 1.29 is 39.6 Å². The van der Waals surface area contributed by atoms with E-state index < -0.39 is 71.1 Å². The Bertz CT molecular complexity index is 2420. The molecule has 0 saturated heterocycles. The summed E-state index contributed by atoms with van der Waals surface area (Å²) in [6.45, 7) is 0. The summed E-state index contributed by atoms with van der Waals surface area (Å²) in [6, 6.07) is 28.6. The molecule has 0 unspecified atom stereocenters. The van der Waals surface area contributed by atoms with Gasteiger partial charge in [0.1, 0.15) is 17.1 Å². The third kappa shape index (κ3) is 9.00. The van der Waals surface area contributed by atoms with E-state index in [9.17, 15) is 39.6 Å². The number of aromatic hydroxyl groups is 1. The number of nitrogens with zero attached hydrogens (tertiary/aromatic N) is 3. The van der Waals surface area contributed by atoms with Gasteiger partial charge in [-0.3, -0.25) is 24.1 Å². The SMILES string of the molecule is CN(C)c1cc(NC(=O)CCCCCCCCCCC[PH](c2ccccc2)(c2ccccc2)c2ccccn2)c(O)c2c1C[C@H]1C[C@H]3[C@H](N(C)C)C(O)=C(C(N)=O)C(=O)[C@@]3(O)C(O)=C1C2=O. The average molecular weight is 918 g/mol. The summed E-state index contributed by atoms with van der Waals surface area (Å²) in [5, 5.41) is 51.9. The van der Waals surface area contributed by atoms with E-state index >= 15 is 0 Å². The molecule has 0 radical (unpaired) electrons. The van der Waals surface area contributed by atoms with Gasteiger partial charge in [-0.15, -0.1) is 0 Å². The molecule has 3 aliphatic rings. The van der Waals surface area contributed by atoms with Gasteiger partial charge in [-0.25, -0.2) is 0 Å². The van der Waals surface area contributed by atoms with Gasteiger partial charge in [0, 0.05) is 31.3 Å². The Morgan fingerprint density at radius 2 is 1.39 bits per heavy atom. The van der Waals surface area contributed by atoms with Crippen molar-refractivity contribution >= 4 is 58.1 Å². The predicted octanol–water partition coefficient (Wildman–Crippen LogP) is 6.15. The van der Waals surface area contributed by atoms with Crippen LogP contribution in [0.15, 0.2) is 114 Å². The number of hydrogen-bond acceptors (Lipinski definition) is 11. The van der Waals surface area contributed by atoms with Gasteiger partial charge >= 0.3 is 190 Å². The molecule has 0 bridgehead atoms. The molecule has 66 heavy (non-hydrogen) atoms. The standard InChI is InChI=1S/C52H64N5O8P/c1-56(2)39-32-38(46(59)43-36(39)30-33-31-37-45(57(3)4)48(61)44(51(53)64)50(63)52(37,65)49(62)42(33)47(43)60)55-40(58)26-18-10-8-6-5-7-9-11-21-29-66(34-22-14-12-15-23-34,35-24-16-13-17-25-35)41-27-19-20-28-54-41/h12-17,19-20,22-25,27-28,32-33,37,45,59,61-62,65-66H,5-11,18,21,26,29-31H2,1-4H3,(H2,53,64)(H,55,58)/t33-,37-,45-,52-/m0/s1. The molecule has 0 aliphatic heterocycles. The fraction of sp³-hybridized carbons (Fsp3) is 0.404. The molecule has 2 amide bonds. The molecular formula is C52H64N5O8P. The minimum Gasteiger partial charge on any atom is -0.510 e. The van der Waals surface area contributed by atoms with Crippen LogP contribution < -0.4 is 32.0 Å². The first-order chi connectivity index (χ1) is 31.6. The van der Waals surface area contributed by atoms with Crippen molar-refractivity contribution in [3.63, 3.8) is 0 Å². The van der Waals surface area contributed by atoms with Crippen molar-refractivity contribution in [2.75, 3.05) is 44.6 Å². The van der Waals surface area contributed by atoms with Gasteiger partial charge in [0.2, 0.25) is 5.78 Å². The molecule has 3 aromatic carbocycles. The van der Waals surface area contributed by atoms with Crippen LogP contribution in [-0.2, 0) is 20.8 Å². The van der Waals surface area contributed by atoms with Gasteiger partial charge in [0.25, 0.3) is 5.91 Å². The second-order valence-electron chi connectivity index (χ2n) is 18.6. The molecule has 7 N–H and O–H groups in total. The van der Waals surface area contributed by atoms with Crippen molar-refractivity contribution in [3.8, 4) is 5.75 Å². The molecule has 4 aromatic rings. The number of nitrogens with two attached hydrogens (primary N) is 1. The zero-order valence-electron chi connectivity index (χ0n) is 38.4. The first-order valence-electron chi connectivity index (χ1n) is 23.2. The van der Waals surface area contributed by atoms with E-state index in [0.29, 0.717) is 17.7 Å². The average Bonchev–Trinajstić information content (AvgIpc) is 3.29. The fourth-order valence-electron chi connectivity index (χ4n) is 10.9. The van der Waals surface area contributed by atoms with Crippen LogP contribution in [0.5, 0.6) is 5.75 Å². The summed E-state index contributed by atoms with van der Waals surface area (Å²) >= 11 is 0. The number of nitrogens with one attached hydrogen (secondary N) is 1. The van der Waals surface area contributed by atoms with Gasteiger partial charge in [-0.2, -0.15) is 0 Å². The van der Waals surface area contributed by atoms with E-state index in [1.807, 2.05) is 12.3 Å². The number of carbonyl (C=O) groups excluding carboxylic acids is 4. The minimum atomic E-state index is -2.74. The number of ketones is 2. The van der Waals surface area contributed by atoms with Crippen molar-refractivity contribution in [1.82, 2.24) is 9.88 Å². The number of hydrogen-bond donors (Lipinski definition) is 6. The number of phenolic OH excluding ortho intramolecular Hbond substituents is 1. The third-order valence-electron chi connectivity index (χ3n) is 14.0. The number of aromatic nitrogens is 1. The van der Waals surface area contributed by atoms with Gasteiger partial charge in [-0.05, 0) is 44.5 Å². The molecule has 7 rings (SSSR count). The second-order valence-corrected chi connectivity index (χ2v) is 22.6. The predicted molar refractivity (Wildman–Crippen MR) is 262 cm³/mol. The van der Waals surface area contributed by atoms with Crippen molar-refractivity contribution in [2.45, 2.75) is 88.7 Å². The van der Waals surface area contributed by atoms with Gasteiger partial charge in [0.15, 0.2) is 17.1 Å². The van der Waals surface area contributed by atoms with Gasteiger partial charge in [-0.1, -0.05) is 0 Å². The number of likely N-dealkylation sites (N-methyl/N-ethyl adjacent to an activating group) is 1. The number of anilines is 2. The van der Waals surface area contributed by atoms with Crippen LogP contribution in [0.3, 0.4) is 0 Å². The van der Waals surface area contributed by atoms with Gasteiger partial charge < -0.3 is 36.4 Å². The van der Waals surface area contributed by atoms with Crippen molar-refractivity contribution in [1.29, 1.82) is 0 Å². The molecule has 13 nitrogen and oxygen atoms in total. The Morgan fingerprint density at radius 1 is 0.818 bits per heavy atom. The van der Waals surface area contributed by atoms with Crippen LogP contribution in [0.4, 0.5) is 11.4 Å². The Labute approximate surface area is 387 Å². The molecule has 4 atom stereocenters. The number of amides is 2. The summed E-state index contributed by atoms with van der Waals surface area (Å²) < 4.78 is 0. The molecule has 350 valence electrons. The Kier molecular flexibility index (Phi) is 14.8. The number of pyridine rings is 1. The van der Waals surface area contributed by atoms with E-state index in [1.165, 1.54) is 20.9 Å². The first-order valence-corrected chi connectivity index (χ1v) is 25.4. The summed E-state index contributed by atoms with van der Waals surface area (Å²) in [4.78, 5) is 61.9. The number of aliphatic hydroxyl groups is 3. The monoisotopic (exact) mass is 917 g/mol. The number of fused-ring (bicyclic) bond motifs is 3. The molecule has 3 aliphatic carbocycles. The maximum atomic E-state index is 14.4. The quantitative estimate of drug-likeness (QED) is 0.0272. The van der Waals surface area contributed by atoms with Crippen molar-refractivity contribution in [3.05, 3.63) is 125 Å². The number of unbranched alkanes of at least 4 members (excludes halogenated alkanes) is 8. The van der Waals surface area contributed by atoms with E-state index in [-0.39, 0.29) is 42.0 Å². The zero-order valence-corrected chi connectivity index (χ0v) is 39.4. The summed E-state index contributed by atoms with van der Waals surface area (Å²) in [7, 11) is 4.40. The molecule has 14 heteroatoms. The summed E-state index contributed by atoms with van der Waals surface area (Å²) in [5.74, 6) is -7.58. The molecular weight excluding hydrogens is 854 g/mol. The van der Waals surface area contributed by atoms with Crippen molar-refractivity contribution in [2.24, 2.45) is 17.6 Å². The first kappa shape index (κ1) is 48.1. The molecule has 0 spiro atoms. The van der Waals surface area contributed by atoms with Crippen LogP contribution in [0, 0.1) is 11.8 Å².